The minimum absolute atomic E-state index is 0.0906. The van der Waals surface area contributed by atoms with E-state index in [1.165, 1.54) is 34.6 Å². The van der Waals surface area contributed by atoms with Gasteiger partial charge < -0.3 is 30.1 Å². The quantitative estimate of drug-likeness (QED) is 0.0735. The molecule has 3 aromatic carbocycles. The number of rotatable bonds is 17. The summed E-state index contributed by atoms with van der Waals surface area (Å²) in [6.45, 7) is 5.94. The van der Waals surface area contributed by atoms with Crippen molar-refractivity contribution >= 4 is 53.5 Å². The highest BCUT2D eigenvalue weighted by atomic mass is 28.3. The van der Waals surface area contributed by atoms with E-state index in [1.54, 1.807) is 6.07 Å². The van der Waals surface area contributed by atoms with Gasteiger partial charge in [-0.1, -0.05) is 37.4 Å². The molecule has 0 fully saturated rings. The van der Waals surface area contributed by atoms with Gasteiger partial charge in [-0.15, -0.1) is 0 Å². The summed E-state index contributed by atoms with van der Waals surface area (Å²) >= 11 is 0. The number of likely N-dealkylation sites (N-methyl/N-ethyl adjacent to an activating group) is 1. The van der Waals surface area contributed by atoms with E-state index in [0.717, 1.165) is 28.5 Å². The molecule has 16 heteroatoms. The highest BCUT2D eigenvalue weighted by Gasteiger charge is 2.41. The first-order valence-electron chi connectivity index (χ1n) is 17.7. The van der Waals surface area contributed by atoms with Crippen LogP contribution in [0.2, 0.25) is 13.1 Å². The molecule has 5 rings (SSSR count). The predicted octanol–water partition coefficient (Wildman–Crippen LogP) is 4.84. The van der Waals surface area contributed by atoms with Crippen molar-refractivity contribution in [2.45, 2.75) is 19.1 Å². The molecule has 1 unspecified atom stereocenters. The van der Waals surface area contributed by atoms with Crippen LogP contribution in [-0.4, -0.2) is 114 Å². The Kier molecular flexibility index (Phi) is 12.7. The number of nitrogens with zero attached hydrogens (tertiary/aromatic N) is 4. The van der Waals surface area contributed by atoms with Gasteiger partial charge in [0.1, 0.15) is 13.8 Å². The summed E-state index contributed by atoms with van der Waals surface area (Å²) in [5.41, 5.74) is 4.09. The Balaban J connectivity index is 1.23. The van der Waals surface area contributed by atoms with Gasteiger partial charge in [-0.2, -0.15) is 0 Å². The van der Waals surface area contributed by atoms with Crippen molar-refractivity contribution < 1.29 is 34.0 Å². The minimum Gasteiger partial charge on any atom is -0.478 e. The Morgan fingerprint density at radius 1 is 0.873 bits per heavy atom. The Bertz CT molecular complexity index is 2090. The number of non-ortho nitro benzene ring substituents is 1. The average Bonchev–Trinajstić information content (AvgIpc) is 3.15. The van der Waals surface area contributed by atoms with Crippen LogP contribution in [0.25, 0.3) is 5.57 Å². The summed E-state index contributed by atoms with van der Waals surface area (Å²) < 4.78 is 11.1. The number of fused-ring (bicyclic) bond motifs is 2. The number of aromatic carboxylic acids is 1. The van der Waals surface area contributed by atoms with E-state index in [4.69, 9.17) is 9.47 Å². The molecule has 0 radical (unpaired) electrons. The van der Waals surface area contributed by atoms with Crippen molar-refractivity contribution in [2.75, 3.05) is 77.9 Å². The number of benzene rings is 3. The third-order valence-corrected chi connectivity index (χ3v) is 13.3. The van der Waals surface area contributed by atoms with Crippen LogP contribution in [0.3, 0.4) is 0 Å². The molecule has 0 saturated carbocycles. The summed E-state index contributed by atoms with van der Waals surface area (Å²) in [5, 5.41) is 40.7. The molecule has 1 aliphatic heterocycles. The maximum atomic E-state index is 13.4. The standard InChI is InChI=1S/C39H46N6O9Si/c1-42(2)26-8-12-30-35(23-26)55(5,6)36-24-27(43(3)4)9-13-31(36)37(30)32-21-25(7-11-29(32)39(47)48)38(46)41-16-18-54-20-19-53-17-15-40-33-14-10-28(44(49)50)22-34(33)45(51)52/h7-14,21-24,26,40H,15-20H2,1-6H3,(H,41,46)(H,47,48). The molecule has 1 heterocycles. The number of hydrogen-bond donors (Lipinski definition) is 3. The number of allylic oxidation sites excluding steroid dienone is 3. The van der Waals surface area contributed by atoms with Crippen molar-refractivity contribution in [1.29, 1.82) is 0 Å². The molecular weight excluding hydrogens is 725 g/mol. The summed E-state index contributed by atoms with van der Waals surface area (Å²) in [4.78, 5) is 51.1. The Morgan fingerprint density at radius 3 is 2.22 bits per heavy atom. The van der Waals surface area contributed by atoms with E-state index in [2.05, 4.69) is 63.9 Å². The van der Waals surface area contributed by atoms with E-state index in [1.807, 2.05) is 34.3 Å². The lowest BCUT2D eigenvalue weighted by Gasteiger charge is -2.40. The summed E-state index contributed by atoms with van der Waals surface area (Å²) in [7, 11) is 5.82. The maximum absolute atomic E-state index is 13.4. The molecule has 3 N–H and O–H groups in total. The molecule has 2 aliphatic rings. The van der Waals surface area contributed by atoms with Crippen LogP contribution in [0.15, 0.2) is 83.6 Å². The number of amides is 1. The molecule has 1 aliphatic carbocycles. The summed E-state index contributed by atoms with van der Waals surface area (Å²) in [5.74, 6) is -1.45. The molecule has 1 atom stereocenters. The number of anilines is 2. The highest BCUT2D eigenvalue weighted by Crippen LogP contribution is 2.43. The van der Waals surface area contributed by atoms with Crippen molar-refractivity contribution in [3.63, 3.8) is 0 Å². The van der Waals surface area contributed by atoms with Crippen molar-refractivity contribution in [2.24, 2.45) is 0 Å². The lowest BCUT2D eigenvalue weighted by atomic mass is 9.86. The third kappa shape index (κ3) is 9.00. The minimum atomic E-state index is -2.25. The molecule has 0 spiro atoms. The van der Waals surface area contributed by atoms with Crippen LogP contribution in [-0.2, 0) is 9.47 Å². The monoisotopic (exact) mass is 770 g/mol. The van der Waals surface area contributed by atoms with Gasteiger partial charge in [0.2, 0.25) is 0 Å². The first-order valence-corrected chi connectivity index (χ1v) is 20.7. The number of nitro groups is 2. The van der Waals surface area contributed by atoms with Gasteiger partial charge in [0, 0.05) is 50.5 Å². The number of carbonyl (C=O) groups is 2. The number of ether oxygens (including phenoxy) is 2. The van der Waals surface area contributed by atoms with Crippen LogP contribution in [0.5, 0.6) is 0 Å². The molecule has 55 heavy (non-hydrogen) atoms. The molecule has 15 nitrogen and oxygen atoms in total. The fraction of sp³-hybridized carbons (Fsp3) is 0.333. The van der Waals surface area contributed by atoms with E-state index in [9.17, 15) is 34.9 Å². The lowest BCUT2D eigenvalue weighted by molar-refractivity contribution is -0.393. The highest BCUT2D eigenvalue weighted by molar-refractivity contribution is 6.97. The van der Waals surface area contributed by atoms with Crippen molar-refractivity contribution in [3.8, 4) is 0 Å². The molecule has 0 aromatic heterocycles. The topological polar surface area (TPSA) is 190 Å². The Labute approximate surface area is 320 Å². The van der Waals surface area contributed by atoms with Crippen LogP contribution in [0.4, 0.5) is 22.7 Å². The Hall–Kier alpha value is -5.68. The fourth-order valence-corrected chi connectivity index (χ4v) is 9.89. The third-order valence-electron chi connectivity index (χ3n) is 9.73. The number of hydrogen-bond acceptors (Lipinski definition) is 11. The van der Waals surface area contributed by atoms with Gasteiger partial charge in [0.25, 0.3) is 17.3 Å². The Morgan fingerprint density at radius 2 is 1.58 bits per heavy atom. The predicted molar refractivity (Wildman–Crippen MR) is 214 cm³/mol. The molecule has 0 bridgehead atoms. The number of carboxylic acids is 1. The second kappa shape index (κ2) is 17.2. The van der Waals surface area contributed by atoms with Crippen LogP contribution in [0, 0.1) is 20.2 Å². The number of nitro benzene ring substituents is 2. The van der Waals surface area contributed by atoms with Crippen LogP contribution < -0.4 is 20.7 Å². The molecule has 0 saturated heterocycles. The maximum Gasteiger partial charge on any atom is 0.336 e. The van der Waals surface area contributed by atoms with Gasteiger partial charge >= 0.3 is 5.97 Å². The average molecular weight is 771 g/mol. The lowest BCUT2D eigenvalue weighted by Crippen LogP contribution is -2.50. The second-order valence-corrected chi connectivity index (χ2v) is 18.4. The molecule has 290 valence electrons. The molecular formula is C39H46N6O9Si. The second-order valence-electron chi connectivity index (χ2n) is 14.1. The van der Waals surface area contributed by atoms with Crippen molar-refractivity contribution in [1.82, 2.24) is 10.2 Å². The smallest absolute Gasteiger partial charge is 0.336 e. The van der Waals surface area contributed by atoms with Crippen LogP contribution in [0.1, 0.15) is 31.8 Å². The van der Waals surface area contributed by atoms with Gasteiger partial charge in [0.15, 0.2) is 0 Å². The molecule has 1 amide bonds. The van der Waals surface area contributed by atoms with Gasteiger partial charge in [-0.25, -0.2) is 4.79 Å². The first-order chi connectivity index (χ1) is 26.1. The van der Waals surface area contributed by atoms with Gasteiger partial charge in [0.05, 0.1) is 47.9 Å². The number of carboxylic acid groups (broad SMARTS) is 1. The first kappa shape index (κ1) is 40.5. The van der Waals surface area contributed by atoms with Crippen LogP contribution >= 0.6 is 0 Å². The van der Waals surface area contributed by atoms with E-state index in [0.29, 0.717) is 11.1 Å². The van der Waals surface area contributed by atoms with E-state index >= 15 is 0 Å². The SMILES string of the molecule is CN(C)c1ccc2c(c1)[Si](C)(C)C1=CC(N(C)C)C=CC1=C2c1cc(C(=O)NCCOCCOCCNc2ccc([N+](=O)[O-])cc2[N+](=O)[O-])ccc1C(=O)O. The normalized spacial score (nSPS) is 15.5. The fourth-order valence-electron chi connectivity index (χ4n) is 6.74. The number of nitrogens with one attached hydrogen (secondary N) is 2. The number of carbonyl (C=O) groups excluding carboxylic acids is 1. The van der Waals surface area contributed by atoms with Crippen molar-refractivity contribution in [3.05, 3.63) is 126 Å². The zero-order valence-corrected chi connectivity index (χ0v) is 32.8. The summed E-state index contributed by atoms with van der Waals surface area (Å²) in [6.07, 6.45) is 6.52. The largest absolute Gasteiger partial charge is 0.478 e. The van der Waals surface area contributed by atoms with E-state index in [-0.39, 0.29) is 68.4 Å². The van der Waals surface area contributed by atoms with E-state index < -0.39 is 29.6 Å². The zero-order chi connectivity index (χ0) is 40.0. The summed E-state index contributed by atoms with van der Waals surface area (Å²) in [6, 6.07) is 14.5. The zero-order valence-electron chi connectivity index (χ0n) is 31.8. The van der Waals surface area contributed by atoms with Gasteiger partial charge in [-0.05, 0) is 83.1 Å². The van der Waals surface area contributed by atoms with Gasteiger partial charge in [-0.3, -0.25) is 29.9 Å². The molecule has 3 aromatic rings.